The minimum atomic E-state index is -0.575. The Morgan fingerprint density at radius 2 is 1.71 bits per heavy atom. The Kier molecular flexibility index (Phi) is 5.69. The summed E-state index contributed by atoms with van der Waals surface area (Å²) in [4.78, 5) is 31.4. The molecule has 0 aliphatic carbocycles. The van der Waals surface area contributed by atoms with Crippen LogP contribution in [0.1, 0.15) is 27.2 Å². The van der Waals surface area contributed by atoms with Crippen LogP contribution in [0.4, 0.5) is 5.69 Å². The normalized spacial score (nSPS) is 13.1. The van der Waals surface area contributed by atoms with Crippen molar-refractivity contribution in [2.24, 2.45) is 0 Å². The number of aromatic hydroxyl groups is 1. The lowest BCUT2D eigenvalue weighted by Crippen LogP contribution is -2.53. The zero-order chi connectivity index (χ0) is 21.8. The van der Waals surface area contributed by atoms with Gasteiger partial charge >= 0.3 is 0 Å². The minimum absolute atomic E-state index is 0.0865. The molecule has 0 saturated carbocycles. The Hall–Kier alpha value is -4.09. The number of rotatable bonds is 4. The molecule has 0 atom stereocenters. The maximum atomic E-state index is 12.2. The van der Waals surface area contributed by atoms with Gasteiger partial charge in [-0.25, -0.2) is 4.98 Å². The number of amides is 1. The first-order valence-corrected chi connectivity index (χ1v) is 9.68. The Morgan fingerprint density at radius 3 is 2.32 bits per heavy atom. The topological polar surface area (TPSA) is 119 Å². The zero-order valence-electron chi connectivity index (χ0n) is 16.5. The third kappa shape index (κ3) is 4.74. The molecule has 0 spiro atoms. The quantitative estimate of drug-likeness (QED) is 0.476. The van der Waals surface area contributed by atoms with E-state index in [0.717, 1.165) is 16.8 Å². The molecule has 1 amide bonds. The van der Waals surface area contributed by atoms with Crippen molar-refractivity contribution < 1.29 is 15.0 Å². The molecule has 8 heteroatoms. The third-order valence-corrected chi connectivity index (χ3v) is 4.88. The van der Waals surface area contributed by atoms with Gasteiger partial charge in [0, 0.05) is 35.5 Å². The van der Waals surface area contributed by atoms with Gasteiger partial charge in [-0.1, -0.05) is 11.8 Å². The molecule has 1 fully saturated rings. The van der Waals surface area contributed by atoms with Crippen molar-refractivity contribution in [3.05, 3.63) is 87.6 Å². The summed E-state index contributed by atoms with van der Waals surface area (Å²) in [5.74, 6) is 5.66. The van der Waals surface area contributed by atoms with E-state index in [-0.39, 0.29) is 18.1 Å². The number of benzene rings is 2. The molecule has 4 N–H and O–H groups in total. The van der Waals surface area contributed by atoms with Crippen molar-refractivity contribution in [2.45, 2.75) is 12.6 Å². The van der Waals surface area contributed by atoms with Crippen molar-refractivity contribution in [3.63, 3.8) is 0 Å². The second kappa shape index (κ2) is 8.73. The van der Waals surface area contributed by atoms with E-state index in [1.165, 1.54) is 6.33 Å². The molecule has 4 rings (SSSR count). The molecule has 1 aliphatic rings. The van der Waals surface area contributed by atoms with Gasteiger partial charge in [0.1, 0.15) is 5.69 Å². The van der Waals surface area contributed by atoms with E-state index in [1.807, 2.05) is 24.3 Å². The van der Waals surface area contributed by atoms with E-state index < -0.39 is 17.4 Å². The molecule has 3 aromatic rings. The van der Waals surface area contributed by atoms with Gasteiger partial charge in [-0.15, -0.1) is 0 Å². The minimum Gasteiger partial charge on any atom is -0.502 e. The number of anilines is 1. The van der Waals surface area contributed by atoms with E-state index in [9.17, 15) is 19.8 Å². The molecule has 8 nitrogen and oxygen atoms in total. The monoisotopic (exact) mass is 416 g/mol. The average molecular weight is 416 g/mol. The van der Waals surface area contributed by atoms with Gasteiger partial charge in [0.05, 0.1) is 19.0 Å². The van der Waals surface area contributed by atoms with Gasteiger partial charge in [0.25, 0.3) is 11.5 Å². The van der Waals surface area contributed by atoms with Crippen LogP contribution in [0.2, 0.25) is 0 Å². The number of likely N-dealkylation sites (tertiary alicyclic amines) is 1. The molecule has 31 heavy (non-hydrogen) atoms. The first-order valence-electron chi connectivity index (χ1n) is 9.68. The van der Waals surface area contributed by atoms with Crippen molar-refractivity contribution >= 4 is 11.6 Å². The Labute approximate surface area is 178 Å². The summed E-state index contributed by atoms with van der Waals surface area (Å²) in [6.45, 7) is 0.974. The van der Waals surface area contributed by atoms with E-state index in [2.05, 4.69) is 27.1 Å². The highest BCUT2D eigenvalue weighted by molar-refractivity contribution is 5.94. The van der Waals surface area contributed by atoms with Crippen LogP contribution in [0.15, 0.2) is 59.7 Å². The van der Waals surface area contributed by atoms with Crippen LogP contribution in [0.3, 0.4) is 0 Å². The lowest BCUT2D eigenvalue weighted by molar-refractivity contribution is 0.00589. The van der Waals surface area contributed by atoms with Crippen LogP contribution in [-0.4, -0.2) is 50.2 Å². The molecular formula is C23H20N4O4. The summed E-state index contributed by atoms with van der Waals surface area (Å²) in [5.41, 5.74) is 2.67. The van der Waals surface area contributed by atoms with Crippen molar-refractivity contribution in [1.29, 1.82) is 0 Å². The Balaban J connectivity index is 1.35. The molecule has 2 aromatic carbocycles. The Bertz CT molecular complexity index is 1200. The molecular weight excluding hydrogens is 396 g/mol. The van der Waals surface area contributed by atoms with Crippen molar-refractivity contribution in [3.8, 4) is 17.6 Å². The maximum Gasteiger partial charge on any atom is 0.293 e. The third-order valence-electron chi connectivity index (χ3n) is 4.88. The number of carbonyl (C=O) groups is 1. The molecule has 1 aromatic heterocycles. The Morgan fingerprint density at radius 1 is 1.10 bits per heavy atom. The first kappa shape index (κ1) is 20.2. The molecule has 2 heterocycles. The highest BCUT2D eigenvalue weighted by atomic mass is 16.3. The molecule has 0 bridgehead atoms. The number of carbonyl (C=O) groups excluding carboxylic acids is 1. The number of aliphatic hydroxyl groups excluding tert-OH is 1. The summed E-state index contributed by atoms with van der Waals surface area (Å²) in [5, 5.41) is 22.1. The lowest BCUT2D eigenvalue weighted by Gasteiger charge is -2.35. The number of β-amino-alcohol motifs (C(OH)–C–C–N with tert-alkyl or cyclic N) is 1. The molecule has 1 aliphatic heterocycles. The zero-order valence-corrected chi connectivity index (χ0v) is 16.5. The molecule has 0 radical (unpaired) electrons. The fourth-order valence-corrected chi connectivity index (χ4v) is 3.06. The fourth-order valence-electron chi connectivity index (χ4n) is 3.06. The van der Waals surface area contributed by atoms with Crippen LogP contribution in [0, 0.1) is 11.8 Å². The van der Waals surface area contributed by atoms with Gasteiger partial charge in [-0.3, -0.25) is 9.59 Å². The number of aliphatic hydroxyl groups is 1. The van der Waals surface area contributed by atoms with E-state index in [4.69, 9.17) is 0 Å². The highest BCUT2D eigenvalue weighted by Gasteiger charge is 2.29. The van der Waals surface area contributed by atoms with Crippen molar-refractivity contribution in [1.82, 2.24) is 14.9 Å². The smallest absolute Gasteiger partial charge is 0.293 e. The number of hydrogen-bond acceptors (Lipinski definition) is 6. The predicted molar refractivity (Wildman–Crippen MR) is 115 cm³/mol. The summed E-state index contributed by atoms with van der Waals surface area (Å²) in [6, 6.07) is 14.5. The average Bonchev–Trinajstić information content (AvgIpc) is 2.77. The summed E-state index contributed by atoms with van der Waals surface area (Å²) >= 11 is 0. The van der Waals surface area contributed by atoms with E-state index in [0.29, 0.717) is 18.7 Å². The van der Waals surface area contributed by atoms with Gasteiger partial charge in [0.2, 0.25) is 5.75 Å². The summed E-state index contributed by atoms with van der Waals surface area (Å²) in [6.07, 6.45) is 0.831. The van der Waals surface area contributed by atoms with Crippen molar-refractivity contribution in [2.75, 3.05) is 18.4 Å². The first-order chi connectivity index (χ1) is 15.0. The van der Waals surface area contributed by atoms with Crippen LogP contribution in [-0.2, 0) is 6.54 Å². The second-order valence-corrected chi connectivity index (χ2v) is 7.15. The lowest BCUT2D eigenvalue weighted by atomic mass is 10.1. The number of aromatic amines is 1. The van der Waals surface area contributed by atoms with Gasteiger partial charge in [-0.2, -0.15) is 0 Å². The van der Waals surface area contributed by atoms with Gasteiger partial charge in [-0.05, 0) is 48.5 Å². The number of H-pyrrole nitrogens is 1. The molecule has 156 valence electrons. The molecule has 1 saturated heterocycles. The largest absolute Gasteiger partial charge is 0.502 e. The maximum absolute atomic E-state index is 12.2. The highest BCUT2D eigenvalue weighted by Crippen LogP contribution is 2.15. The summed E-state index contributed by atoms with van der Waals surface area (Å²) in [7, 11) is 0. The van der Waals surface area contributed by atoms with Gasteiger partial charge in [0.15, 0.2) is 0 Å². The predicted octanol–water partition coefficient (Wildman–Crippen LogP) is 1.30. The van der Waals surface area contributed by atoms with Crippen LogP contribution >= 0.6 is 0 Å². The summed E-state index contributed by atoms with van der Waals surface area (Å²) < 4.78 is 0. The van der Waals surface area contributed by atoms with Crippen LogP contribution < -0.4 is 10.9 Å². The second-order valence-electron chi connectivity index (χ2n) is 7.15. The standard InChI is InChI=1S/C23H20N4O4/c28-19-12-27(13-19)23(31)17-7-3-15(4-8-17)1-2-16-5-9-18(10-6-16)24-11-20-21(29)22(30)26-14-25-20/h3-10,14,19,24,28-29H,11-13H2,(H,25,26,30). The number of nitrogens with zero attached hydrogens (tertiary/aromatic N) is 2. The van der Waals surface area contributed by atoms with E-state index in [1.54, 1.807) is 29.2 Å². The van der Waals surface area contributed by atoms with Crippen LogP contribution in [0.25, 0.3) is 0 Å². The number of nitrogens with one attached hydrogen (secondary N) is 2. The van der Waals surface area contributed by atoms with Gasteiger partial charge < -0.3 is 25.4 Å². The molecule has 0 unspecified atom stereocenters. The number of aromatic nitrogens is 2. The number of hydrogen-bond donors (Lipinski definition) is 4. The fraction of sp³-hybridized carbons (Fsp3) is 0.174. The van der Waals surface area contributed by atoms with E-state index >= 15 is 0 Å². The SMILES string of the molecule is O=C(c1ccc(C#Cc2ccc(NCc3nc[nH]c(=O)c3O)cc2)cc1)N1CC(O)C1. The van der Waals surface area contributed by atoms with Crippen LogP contribution in [0.5, 0.6) is 5.75 Å².